The van der Waals surface area contributed by atoms with Gasteiger partial charge in [0.15, 0.2) is 0 Å². The molecule has 0 unspecified atom stereocenters. The molecule has 0 fully saturated rings. The van der Waals surface area contributed by atoms with Gasteiger partial charge in [-0.2, -0.15) is 0 Å². The number of hydrogen-bond donors (Lipinski definition) is 1. The van der Waals surface area contributed by atoms with E-state index in [9.17, 15) is 9.59 Å². The van der Waals surface area contributed by atoms with Crippen LogP contribution in [0.1, 0.15) is 41.3 Å². The number of carbonyl (C=O) groups excluding carboxylic acids is 2. The molecule has 0 saturated heterocycles. The number of benzene rings is 3. The van der Waals surface area contributed by atoms with Crippen LogP contribution in [0.2, 0.25) is 0 Å². The minimum atomic E-state index is -0.190. The van der Waals surface area contributed by atoms with Gasteiger partial charge in [0.05, 0.1) is 5.69 Å². The SMILES string of the molecule is Cc1cccc(C(C)C)c1NC(=O)CN1C(=O)c2cccc3cccc1c23. The largest absolute Gasteiger partial charge is 0.324 e. The second-order valence-corrected chi connectivity index (χ2v) is 7.31. The van der Waals surface area contributed by atoms with Gasteiger partial charge in [-0.05, 0) is 41.5 Å². The fourth-order valence-corrected chi connectivity index (χ4v) is 3.80. The van der Waals surface area contributed by atoms with Crippen LogP contribution in [-0.4, -0.2) is 18.4 Å². The van der Waals surface area contributed by atoms with E-state index < -0.39 is 0 Å². The second kappa shape index (κ2) is 6.54. The Kier molecular flexibility index (Phi) is 4.19. The van der Waals surface area contributed by atoms with Gasteiger partial charge in [-0.3, -0.25) is 14.5 Å². The summed E-state index contributed by atoms with van der Waals surface area (Å²) in [4.78, 5) is 27.2. The van der Waals surface area contributed by atoms with E-state index >= 15 is 0 Å². The first-order chi connectivity index (χ1) is 13.0. The van der Waals surface area contributed by atoms with Gasteiger partial charge in [-0.1, -0.05) is 56.3 Å². The van der Waals surface area contributed by atoms with Gasteiger partial charge in [0.25, 0.3) is 5.91 Å². The molecule has 1 aliphatic rings. The summed E-state index contributed by atoms with van der Waals surface area (Å²) < 4.78 is 0. The van der Waals surface area contributed by atoms with Crippen molar-refractivity contribution in [2.75, 3.05) is 16.8 Å². The van der Waals surface area contributed by atoms with Gasteiger partial charge in [0.2, 0.25) is 5.91 Å². The van der Waals surface area contributed by atoms with Crippen LogP contribution in [0, 0.1) is 6.92 Å². The van der Waals surface area contributed by atoms with Crippen LogP contribution < -0.4 is 10.2 Å². The summed E-state index contributed by atoms with van der Waals surface area (Å²) in [6.45, 7) is 6.19. The zero-order chi connectivity index (χ0) is 19.1. The first-order valence-corrected chi connectivity index (χ1v) is 9.20. The third kappa shape index (κ3) is 2.87. The average Bonchev–Trinajstić information content (AvgIpc) is 2.91. The molecule has 0 atom stereocenters. The van der Waals surface area contributed by atoms with Crippen molar-refractivity contribution in [1.82, 2.24) is 0 Å². The molecule has 0 spiro atoms. The molecule has 0 aromatic heterocycles. The van der Waals surface area contributed by atoms with Crippen molar-refractivity contribution in [3.63, 3.8) is 0 Å². The number of rotatable bonds is 4. The number of aryl methyl sites for hydroxylation is 1. The van der Waals surface area contributed by atoms with Crippen LogP contribution >= 0.6 is 0 Å². The van der Waals surface area contributed by atoms with Crippen LogP contribution in [0.15, 0.2) is 54.6 Å². The van der Waals surface area contributed by atoms with E-state index in [1.807, 2.05) is 61.5 Å². The molecular weight excluding hydrogens is 336 g/mol. The predicted octanol–water partition coefficient (Wildman–Crippen LogP) is 4.87. The van der Waals surface area contributed by atoms with Gasteiger partial charge in [0, 0.05) is 16.6 Å². The molecule has 3 aromatic rings. The van der Waals surface area contributed by atoms with Gasteiger partial charge in [0.1, 0.15) is 6.54 Å². The van der Waals surface area contributed by atoms with E-state index in [4.69, 9.17) is 0 Å². The highest BCUT2D eigenvalue weighted by Crippen LogP contribution is 2.37. The van der Waals surface area contributed by atoms with E-state index in [2.05, 4.69) is 19.2 Å². The van der Waals surface area contributed by atoms with Gasteiger partial charge < -0.3 is 5.32 Å². The first kappa shape index (κ1) is 17.3. The molecule has 1 heterocycles. The third-order valence-electron chi connectivity index (χ3n) is 5.14. The van der Waals surface area contributed by atoms with Crippen molar-refractivity contribution < 1.29 is 9.59 Å². The molecule has 136 valence electrons. The lowest BCUT2D eigenvalue weighted by molar-refractivity contribution is -0.114. The minimum absolute atomic E-state index is 0.00149. The standard InChI is InChI=1S/C23H22N2O2/c1-14(2)17-10-4-7-15(3)22(17)24-20(26)13-25-19-12-6-9-16-8-5-11-18(21(16)19)23(25)27/h4-12,14H,13H2,1-3H3,(H,24,26). The highest BCUT2D eigenvalue weighted by Gasteiger charge is 2.31. The summed E-state index contributed by atoms with van der Waals surface area (Å²) in [5.41, 5.74) is 4.43. The van der Waals surface area contributed by atoms with Crippen LogP contribution in [-0.2, 0) is 4.79 Å². The Morgan fingerprint density at radius 1 is 1.04 bits per heavy atom. The summed E-state index contributed by atoms with van der Waals surface area (Å²) in [6.07, 6.45) is 0. The lowest BCUT2D eigenvalue weighted by Crippen LogP contribution is -2.35. The zero-order valence-corrected chi connectivity index (χ0v) is 15.7. The summed E-state index contributed by atoms with van der Waals surface area (Å²) in [7, 11) is 0. The summed E-state index contributed by atoms with van der Waals surface area (Å²) in [6, 6.07) is 17.5. The fourth-order valence-electron chi connectivity index (χ4n) is 3.80. The molecule has 1 aliphatic heterocycles. The predicted molar refractivity (Wildman–Crippen MR) is 110 cm³/mol. The van der Waals surface area contributed by atoms with Gasteiger partial charge in [-0.25, -0.2) is 0 Å². The summed E-state index contributed by atoms with van der Waals surface area (Å²) in [5.74, 6) is -0.0122. The Morgan fingerprint density at radius 2 is 1.74 bits per heavy atom. The molecular formula is C23H22N2O2. The molecule has 27 heavy (non-hydrogen) atoms. The van der Waals surface area contributed by atoms with E-state index in [-0.39, 0.29) is 18.4 Å². The maximum Gasteiger partial charge on any atom is 0.259 e. The Hall–Kier alpha value is -3.14. The molecule has 3 aromatic carbocycles. The van der Waals surface area contributed by atoms with Gasteiger partial charge >= 0.3 is 0 Å². The first-order valence-electron chi connectivity index (χ1n) is 9.20. The highest BCUT2D eigenvalue weighted by molar-refractivity contribution is 6.26. The number of nitrogens with one attached hydrogen (secondary N) is 1. The molecule has 0 saturated carbocycles. The molecule has 0 radical (unpaired) electrons. The molecule has 0 bridgehead atoms. The van der Waals surface area contributed by atoms with Crippen LogP contribution in [0.4, 0.5) is 11.4 Å². The maximum atomic E-state index is 12.9. The Morgan fingerprint density at radius 3 is 2.48 bits per heavy atom. The number of hydrogen-bond acceptors (Lipinski definition) is 2. The molecule has 4 nitrogen and oxygen atoms in total. The van der Waals surface area contributed by atoms with E-state index in [0.29, 0.717) is 11.5 Å². The van der Waals surface area contributed by atoms with Crippen LogP contribution in [0.25, 0.3) is 10.8 Å². The van der Waals surface area contributed by atoms with Crippen LogP contribution in [0.5, 0.6) is 0 Å². The molecule has 2 amide bonds. The van der Waals surface area contributed by atoms with E-state index in [0.717, 1.165) is 33.3 Å². The van der Waals surface area contributed by atoms with Crippen molar-refractivity contribution in [2.45, 2.75) is 26.7 Å². The van der Waals surface area contributed by atoms with Crippen molar-refractivity contribution >= 4 is 34.0 Å². The average molecular weight is 358 g/mol. The van der Waals surface area contributed by atoms with Crippen molar-refractivity contribution in [3.8, 4) is 0 Å². The lowest BCUT2D eigenvalue weighted by Gasteiger charge is -2.20. The number of amides is 2. The van der Waals surface area contributed by atoms with Crippen LogP contribution in [0.3, 0.4) is 0 Å². The summed E-state index contributed by atoms with van der Waals surface area (Å²) >= 11 is 0. The summed E-state index contributed by atoms with van der Waals surface area (Å²) in [5, 5.41) is 4.98. The molecule has 0 aliphatic carbocycles. The smallest absolute Gasteiger partial charge is 0.259 e. The maximum absolute atomic E-state index is 12.9. The van der Waals surface area contributed by atoms with E-state index in [1.54, 1.807) is 4.90 Å². The second-order valence-electron chi connectivity index (χ2n) is 7.31. The topological polar surface area (TPSA) is 49.4 Å². The Bertz CT molecular complexity index is 1060. The third-order valence-corrected chi connectivity index (χ3v) is 5.14. The minimum Gasteiger partial charge on any atom is -0.324 e. The Balaban J connectivity index is 1.63. The van der Waals surface area contributed by atoms with Crippen molar-refractivity contribution in [1.29, 1.82) is 0 Å². The molecule has 4 heteroatoms. The number of para-hydroxylation sites is 1. The Labute approximate surface area is 158 Å². The monoisotopic (exact) mass is 358 g/mol. The molecule has 4 rings (SSSR count). The van der Waals surface area contributed by atoms with Crippen molar-refractivity contribution in [3.05, 3.63) is 71.3 Å². The zero-order valence-electron chi connectivity index (χ0n) is 15.7. The van der Waals surface area contributed by atoms with Crippen molar-refractivity contribution in [2.24, 2.45) is 0 Å². The quantitative estimate of drug-likeness (QED) is 0.723. The number of nitrogens with zero attached hydrogens (tertiary/aromatic N) is 1. The lowest BCUT2D eigenvalue weighted by atomic mass is 9.98. The number of carbonyl (C=O) groups is 2. The van der Waals surface area contributed by atoms with E-state index in [1.165, 1.54) is 0 Å². The number of anilines is 2. The normalized spacial score (nSPS) is 12.9. The highest BCUT2D eigenvalue weighted by atomic mass is 16.2. The van der Waals surface area contributed by atoms with Gasteiger partial charge in [-0.15, -0.1) is 0 Å². The fraction of sp³-hybridized carbons (Fsp3) is 0.217. The molecule has 1 N–H and O–H groups in total.